The molecule has 0 aromatic heterocycles. The maximum absolute atomic E-state index is 12.1. The van der Waals surface area contributed by atoms with Gasteiger partial charge in [-0.3, -0.25) is 9.69 Å². The van der Waals surface area contributed by atoms with Gasteiger partial charge in [0.15, 0.2) is 0 Å². The van der Waals surface area contributed by atoms with Crippen LogP contribution >= 0.6 is 0 Å². The number of carboxylic acid groups (broad SMARTS) is 1. The molecule has 2 atom stereocenters. The van der Waals surface area contributed by atoms with E-state index in [1.165, 1.54) is 0 Å². The van der Waals surface area contributed by atoms with Crippen LogP contribution in [-0.4, -0.2) is 46.8 Å². The molecule has 1 aliphatic rings. The van der Waals surface area contributed by atoms with Gasteiger partial charge in [-0.25, -0.2) is 4.79 Å². The summed E-state index contributed by atoms with van der Waals surface area (Å²) in [5.41, 5.74) is 0.527. The van der Waals surface area contributed by atoms with E-state index in [9.17, 15) is 14.7 Å². The monoisotopic (exact) mass is 370 g/mol. The number of hydrogen-bond donors (Lipinski definition) is 2. The molecule has 1 amide bonds. The number of ether oxygens (including phenoxy) is 1. The summed E-state index contributed by atoms with van der Waals surface area (Å²) in [6, 6.07) is 13.8. The summed E-state index contributed by atoms with van der Waals surface area (Å²) in [6.45, 7) is 6.84. The van der Waals surface area contributed by atoms with Gasteiger partial charge < -0.3 is 15.2 Å². The average molecular weight is 370 g/mol. The first-order chi connectivity index (χ1) is 12.7. The third-order valence-corrected chi connectivity index (χ3v) is 4.69. The minimum atomic E-state index is -0.906. The van der Waals surface area contributed by atoms with Gasteiger partial charge >= 0.3 is 12.1 Å². The van der Waals surface area contributed by atoms with Crippen LogP contribution in [0.25, 0.3) is 10.8 Å². The molecule has 6 heteroatoms. The zero-order chi connectivity index (χ0) is 19.6. The van der Waals surface area contributed by atoms with E-state index < -0.39 is 29.6 Å². The van der Waals surface area contributed by atoms with E-state index in [-0.39, 0.29) is 0 Å². The predicted molar refractivity (Wildman–Crippen MR) is 104 cm³/mol. The van der Waals surface area contributed by atoms with Crippen LogP contribution in [0, 0.1) is 5.92 Å². The lowest BCUT2D eigenvalue weighted by atomic mass is 10.0. The Bertz CT molecular complexity index is 838. The van der Waals surface area contributed by atoms with Crippen molar-refractivity contribution in [2.24, 2.45) is 5.92 Å². The van der Waals surface area contributed by atoms with Gasteiger partial charge in [-0.15, -0.1) is 0 Å². The number of fused-ring (bicyclic) bond motifs is 1. The number of rotatable bonds is 4. The van der Waals surface area contributed by atoms with Crippen LogP contribution in [0.15, 0.2) is 42.5 Å². The van der Waals surface area contributed by atoms with Crippen LogP contribution < -0.4 is 5.32 Å². The van der Waals surface area contributed by atoms with Gasteiger partial charge in [0.05, 0.1) is 12.0 Å². The number of carbonyl (C=O) groups is 2. The predicted octanol–water partition coefficient (Wildman–Crippen LogP) is 3.25. The first-order valence-corrected chi connectivity index (χ1v) is 9.14. The SMILES string of the molecule is CC(C)(C)OC(=O)N[C@@H]1CN(Cc2cccc3ccccc23)C[C@H]1C(=O)O. The highest BCUT2D eigenvalue weighted by Crippen LogP contribution is 2.24. The Morgan fingerprint density at radius 1 is 1.15 bits per heavy atom. The topological polar surface area (TPSA) is 78.9 Å². The molecule has 3 rings (SSSR count). The molecule has 0 unspecified atom stereocenters. The highest BCUT2D eigenvalue weighted by Gasteiger charge is 2.39. The fraction of sp³-hybridized carbons (Fsp3) is 0.429. The highest BCUT2D eigenvalue weighted by atomic mass is 16.6. The normalized spacial score (nSPS) is 20.6. The fourth-order valence-electron chi connectivity index (χ4n) is 3.54. The van der Waals surface area contributed by atoms with Gasteiger partial charge in [0, 0.05) is 19.6 Å². The molecule has 0 spiro atoms. The summed E-state index contributed by atoms with van der Waals surface area (Å²) in [4.78, 5) is 25.8. The van der Waals surface area contributed by atoms with Gasteiger partial charge in [-0.1, -0.05) is 42.5 Å². The smallest absolute Gasteiger partial charge is 0.407 e. The van der Waals surface area contributed by atoms with E-state index in [1.54, 1.807) is 20.8 Å². The van der Waals surface area contributed by atoms with Crippen molar-refractivity contribution in [2.75, 3.05) is 13.1 Å². The Kier molecular flexibility index (Phi) is 5.37. The summed E-state index contributed by atoms with van der Waals surface area (Å²) >= 11 is 0. The first-order valence-electron chi connectivity index (χ1n) is 9.14. The molecule has 0 aliphatic carbocycles. The van der Waals surface area contributed by atoms with Gasteiger partial charge in [-0.05, 0) is 37.1 Å². The van der Waals surface area contributed by atoms with Crippen LogP contribution in [0.5, 0.6) is 0 Å². The number of benzene rings is 2. The number of amides is 1. The number of carboxylic acids is 1. The quantitative estimate of drug-likeness (QED) is 0.864. The molecule has 2 N–H and O–H groups in total. The second-order valence-corrected chi connectivity index (χ2v) is 8.03. The molecule has 0 radical (unpaired) electrons. The third-order valence-electron chi connectivity index (χ3n) is 4.69. The molecular formula is C21H26N2O4. The number of likely N-dealkylation sites (tertiary alicyclic amines) is 1. The Balaban J connectivity index is 1.72. The lowest BCUT2D eigenvalue weighted by Crippen LogP contribution is -2.45. The molecule has 1 aliphatic heterocycles. The summed E-state index contributed by atoms with van der Waals surface area (Å²) in [5, 5.41) is 14.6. The molecule has 2 aromatic carbocycles. The summed E-state index contributed by atoms with van der Waals surface area (Å²) in [7, 11) is 0. The van der Waals surface area contributed by atoms with E-state index in [4.69, 9.17) is 4.74 Å². The van der Waals surface area contributed by atoms with Crippen molar-refractivity contribution in [1.29, 1.82) is 0 Å². The molecule has 1 heterocycles. The van der Waals surface area contributed by atoms with Gasteiger partial charge in [-0.2, -0.15) is 0 Å². The Morgan fingerprint density at radius 2 is 1.85 bits per heavy atom. The standard InChI is InChI=1S/C21H26N2O4/c1-21(2,3)27-20(26)22-18-13-23(12-17(18)19(24)25)11-15-9-6-8-14-7-4-5-10-16(14)15/h4-10,17-18H,11-13H2,1-3H3,(H,22,26)(H,24,25)/t17-,18-/m1/s1. The van der Waals surface area contributed by atoms with Crippen molar-refractivity contribution in [3.63, 3.8) is 0 Å². The largest absolute Gasteiger partial charge is 0.481 e. The molecule has 0 saturated carbocycles. The fourth-order valence-corrected chi connectivity index (χ4v) is 3.54. The number of nitrogens with one attached hydrogen (secondary N) is 1. The van der Waals surface area contributed by atoms with E-state index in [2.05, 4.69) is 34.5 Å². The van der Waals surface area contributed by atoms with Crippen molar-refractivity contribution < 1.29 is 19.4 Å². The van der Waals surface area contributed by atoms with Crippen molar-refractivity contribution in [3.8, 4) is 0 Å². The minimum absolute atomic E-state index is 0.388. The summed E-state index contributed by atoms with van der Waals surface area (Å²) in [5.74, 6) is -1.57. The second-order valence-electron chi connectivity index (χ2n) is 8.03. The molecular weight excluding hydrogens is 344 g/mol. The minimum Gasteiger partial charge on any atom is -0.481 e. The van der Waals surface area contributed by atoms with Crippen molar-refractivity contribution in [1.82, 2.24) is 10.2 Å². The number of aliphatic carboxylic acids is 1. The number of nitrogens with zero attached hydrogens (tertiary/aromatic N) is 1. The second kappa shape index (κ2) is 7.56. The van der Waals surface area contributed by atoms with Crippen LogP contribution in [0.4, 0.5) is 4.79 Å². The maximum atomic E-state index is 12.1. The molecule has 27 heavy (non-hydrogen) atoms. The summed E-state index contributed by atoms with van der Waals surface area (Å²) in [6.07, 6.45) is -0.578. The van der Waals surface area contributed by atoms with E-state index in [0.29, 0.717) is 19.6 Å². The van der Waals surface area contributed by atoms with Crippen molar-refractivity contribution in [3.05, 3.63) is 48.0 Å². The molecule has 6 nitrogen and oxygen atoms in total. The summed E-state index contributed by atoms with van der Waals surface area (Å²) < 4.78 is 5.28. The molecule has 144 valence electrons. The van der Waals surface area contributed by atoms with Gasteiger partial charge in [0.1, 0.15) is 5.60 Å². The Hall–Kier alpha value is -2.60. The Morgan fingerprint density at radius 3 is 2.56 bits per heavy atom. The molecule has 1 fully saturated rings. The van der Waals surface area contributed by atoms with Gasteiger partial charge in [0.25, 0.3) is 0 Å². The Labute approximate surface area is 159 Å². The molecule has 1 saturated heterocycles. The van der Waals surface area contributed by atoms with Crippen LogP contribution in [0.3, 0.4) is 0 Å². The van der Waals surface area contributed by atoms with Crippen molar-refractivity contribution >= 4 is 22.8 Å². The lowest BCUT2D eigenvalue weighted by Gasteiger charge is -2.23. The molecule has 2 aromatic rings. The van der Waals surface area contributed by atoms with E-state index in [1.807, 2.05) is 18.2 Å². The number of alkyl carbamates (subject to hydrolysis) is 1. The zero-order valence-corrected chi connectivity index (χ0v) is 15.9. The van der Waals surface area contributed by atoms with Crippen LogP contribution in [-0.2, 0) is 16.1 Å². The van der Waals surface area contributed by atoms with Crippen LogP contribution in [0.2, 0.25) is 0 Å². The van der Waals surface area contributed by atoms with Crippen molar-refractivity contribution in [2.45, 2.75) is 39.0 Å². The molecule has 0 bridgehead atoms. The number of hydrogen-bond acceptors (Lipinski definition) is 4. The maximum Gasteiger partial charge on any atom is 0.407 e. The lowest BCUT2D eigenvalue weighted by molar-refractivity contribution is -0.141. The van der Waals surface area contributed by atoms with E-state index >= 15 is 0 Å². The third kappa shape index (κ3) is 4.77. The van der Waals surface area contributed by atoms with Crippen LogP contribution in [0.1, 0.15) is 26.3 Å². The number of carbonyl (C=O) groups excluding carboxylic acids is 1. The first kappa shape index (κ1) is 19.2. The van der Waals surface area contributed by atoms with Gasteiger partial charge in [0.2, 0.25) is 0 Å². The van der Waals surface area contributed by atoms with E-state index in [0.717, 1.165) is 16.3 Å². The highest BCUT2D eigenvalue weighted by molar-refractivity contribution is 5.85. The zero-order valence-electron chi connectivity index (χ0n) is 15.9. The average Bonchev–Trinajstić information content (AvgIpc) is 2.96.